The van der Waals surface area contributed by atoms with Gasteiger partial charge in [-0.1, -0.05) is 214 Å². The molecule has 0 N–H and O–H groups in total. The molecular formula is C94H86N6O3S. The van der Waals surface area contributed by atoms with E-state index < -0.39 is 75.5 Å². The number of imidazole rings is 2. The summed E-state index contributed by atoms with van der Waals surface area (Å²) in [6, 6.07) is 58.6. The van der Waals surface area contributed by atoms with Crippen LogP contribution in [0.15, 0.2) is 211 Å². The van der Waals surface area contributed by atoms with Gasteiger partial charge in [-0.15, -0.1) is 0 Å². The lowest BCUT2D eigenvalue weighted by Crippen LogP contribution is -2.39. The van der Waals surface area contributed by atoms with Gasteiger partial charge in [0.15, 0.2) is 10.5 Å². The Balaban J connectivity index is 0.000000178. The number of ether oxygens (including phenoxy) is 2. The van der Waals surface area contributed by atoms with E-state index in [0.29, 0.717) is 71.1 Å². The Kier molecular flexibility index (Phi) is 10.8. The quantitative estimate of drug-likeness (QED) is 0.150. The summed E-state index contributed by atoms with van der Waals surface area (Å²) in [5, 5.41) is 0. The van der Waals surface area contributed by atoms with Crippen LogP contribution in [0.1, 0.15) is 166 Å². The Labute approximate surface area is 643 Å². The predicted molar refractivity (Wildman–Crippen MR) is 431 cm³/mol. The zero-order chi connectivity index (χ0) is 90.8. The van der Waals surface area contributed by atoms with Gasteiger partial charge in [0, 0.05) is 107 Å². The zero-order valence-electron chi connectivity index (χ0n) is 80.9. The van der Waals surface area contributed by atoms with Crippen LogP contribution >= 0.6 is 11.3 Å². The predicted octanol–water partition coefficient (Wildman–Crippen LogP) is 25.4. The summed E-state index contributed by atoms with van der Waals surface area (Å²) >= 11 is 1.37. The van der Waals surface area contributed by atoms with Crippen molar-refractivity contribution in [1.29, 1.82) is 0 Å². The summed E-state index contributed by atoms with van der Waals surface area (Å²) in [4.78, 5) is 20.2. The Hall–Kier alpha value is -10.9. The van der Waals surface area contributed by atoms with Gasteiger partial charge in [-0.3, -0.25) is 8.80 Å². The van der Waals surface area contributed by atoms with Gasteiger partial charge in [0.25, 0.3) is 0 Å². The Morgan fingerprint density at radius 2 is 0.837 bits per heavy atom. The number of hydrogen-bond acceptors (Lipinski definition) is 8. The Morgan fingerprint density at radius 3 is 1.37 bits per heavy atom. The van der Waals surface area contributed by atoms with Gasteiger partial charge < -0.3 is 13.9 Å². The highest BCUT2D eigenvalue weighted by molar-refractivity contribution is 7.24. The van der Waals surface area contributed by atoms with E-state index in [1.54, 1.807) is 54.6 Å². The van der Waals surface area contributed by atoms with Crippen molar-refractivity contribution in [2.75, 3.05) is 0 Å². The maximum absolute atomic E-state index is 8.94. The lowest BCUT2D eigenvalue weighted by Gasteiger charge is -2.41. The first-order valence-corrected chi connectivity index (χ1v) is 35.3. The van der Waals surface area contributed by atoms with Crippen molar-refractivity contribution in [3.8, 4) is 90.3 Å². The van der Waals surface area contributed by atoms with Crippen LogP contribution in [0.3, 0.4) is 0 Å². The molecule has 6 aromatic heterocycles. The van der Waals surface area contributed by atoms with Crippen molar-refractivity contribution in [3.05, 3.63) is 273 Å². The second-order valence-corrected chi connectivity index (χ2v) is 29.9. The fourth-order valence-corrected chi connectivity index (χ4v) is 16.7. The minimum absolute atomic E-state index is 0.0166. The van der Waals surface area contributed by atoms with E-state index in [9.17, 15) is 0 Å². The number of hydrogen-bond donors (Lipinski definition) is 0. The molecule has 16 aromatic rings. The normalized spacial score (nSPS) is 18.8. The third-order valence-corrected chi connectivity index (χ3v) is 23.6. The minimum Gasteiger partial charge on any atom is -0.456 e. The van der Waals surface area contributed by atoms with E-state index in [4.69, 9.17) is 59.0 Å². The lowest BCUT2D eigenvalue weighted by molar-refractivity contribution is 0.306. The van der Waals surface area contributed by atoms with Crippen molar-refractivity contribution < 1.29 is 44.0 Å². The number of fused-ring (bicyclic) bond motifs is 14. The van der Waals surface area contributed by atoms with Crippen molar-refractivity contribution in [1.82, 2.24) is 28.7 Å². The van der Waals surface area contributed by atoms with Crippen LogP contribution in [-0.4, -0.2) is 28.7 Å². The average Bonchev–Trinajstić information content (AvgIpc) is 1.55. The molecule has 9 nitrogen and oxygen atoms in total. The molecule has 0 atom stereocenters. The molecule has 2 aliphatic rings. The highest BCUT2D eigenvalue weighted by Crippen LogP contribution is 2.58. The van der Waals surface area contributed by atoms with Gasteiger partial charge in [-0.05, 0) is 182 Å². The molecule has 0 amide bonds. The molecule has 0 radical (unpaired) electrons. The number of para-hydroxylation sites is 6. The highest BCUT2D eigenvalue weighted by atomic mass is 32.1. The van der Waals surface area contributed by atoms with Crippen molar-refractivity contribution in [3.63, 3.8) is 0 Å². The molecule has 0 spiro atoms. The third kappa shape index (κ3) is 10.1. The van der Waals surface area contributed by atoms with Crippen molar-refractivity contribution >= 4 is 65.5 Å². The smallest absolute Gasteiger partial charge is 0.307 e. The number of rotatable bonds is 8. The summed E-state index contributed by atoms with van der Waals surface area (Å²) in [5.41, 5.74) is 6.68. The molecule has 8 heterocycles. The molecule has 0 bridgehead atoms. The number of pyridine rings is 2. The maximum atomic E-state index is 8.94. The summed E-state index contributed by atoms with van der Waals surface area (Å²) < 4.78 is 217. The number of nitrogens with zero attached hydrogens (tertiary/aromatic N) is 6. The van der Waals surface area contributed by atoms with E-state index in [0.717, 1.165) is 33.2 Å². The lowest BCUT2D eigenvalue weighted by atomic mass is 9.61. The van der Waals surface area contributed by atoms with E-state index in [-0.39, 0.29) is 107 Å². The molecule has 0 saturated carbocycles. The molecule has 10 aromatic carbocycles. The van der Waals surface area contributed by atoms with Crippen LogP contribution in [0, 0.1) is 41.1 Å². The monoisotopic (exact) mass is 1400 g/mol. The van der Waals surface area contributed by atoms with E-state index in [2.05, 4.69) is 60.4 Å². The molecule has 0 aliphatic carbocycles. The average molecular weight is 1400 g/mol. The number of aromatic nitrogens is 6. The Bertz CT molecular complexity index is 6760. The SMILES string of the molecule is [2H]C([2H])([2H])c1ccc(-c2c(C([2H])([2H])C)ccc3c2oc2nc4ccccc4n23)cc1-c1nc(-c2c(C([2H])([2H])[2H])ccc3c2Oc2ccccc2C(C)(C)C3(C)C)ccc1C([2H])([2H])[2H].[2H]C([2H])([2H])c1ccc(-c2c(C([2H])([2H])C)ccc3c2sc2nc4ccccc4n23)cc1-c1nc(-c2c(C([2H])([2H])[2H])ccc3c2Oc2ccccc2C(C)(C)C3(C)C)ccc1C([2H])([2H])[2H]. The fraction of sp³-hybridized carbons (Fsp3) is 0.234. The Morgan fingerprint density at radius 1 is 0.394 bits per heavy atom. The van der Waals surface area contributed by atoms with Crippen LogP contribution in [0.2, 0.25) is 0 Å². The van der Waals surface area contributed by atoms with Crippen LogP contribution in [-0.2, 0) is 34.4 Å². The molecular weight excluding hydrogens is 1290 g/mol. The van der Waals surface area contributed by atoms with Gasteiger partial charge >= 0.3 is 5.84 Å². The van der Waals surface area contributed by atoms with E-state index in [1.165, 1.54) is 73.7 Å². The van der Waals surface area contributed by atoms with Crippen LogP contribution in [0.25, 0.3) is 121 Å². The molecule has 104 heavy (non-hydrogen) atoms. The summed E-state index contributed by atoms with van der Waals surface area (Å²) in [6.07, 6.45) is -3.79. The highest BCUT2D eigenvalue weighted by Gasteiger charge is 2.48. The summed E-state index contributed by atoms with van der Waals surface area (Å²) in [5.74, 6) is 1.82. The van der Waals surface area contributed by atoms with Crippen LogP contribution in [0.5, 0.6) is 23.0 Å². The zero-order valence-corrected chi connectivity index (χ0v) is 59.8. The van der Waals surface area contributed by atoms with Crippen LogP contribution < -0.4 is 9.47 Å². The van der Waals surface area contributed by atoms with Gasteiger partial charge in [-0.2, -0.15) is 4.98 Å². The minimum atomic E-state index is -2.82. The van der Waals surface area contributed by atoms with Crippen molar-refractivity contribution in [2.24, 2.45) is 0 Å². The van der Waals surface area contributed by atoms with Gasteiger partial charge in [0.2, 0.25) is 0 Å². The summed E-state index contributed by atoms with van der Waals surface area (Å²) in [7, 11) is 0. The molecule has 0 saturated heterocycles. The van der Waals surface area contributed by atoms with Crippen LogP contribution in [0.4, 0.5) is 0 Å². The maximum Gasteiger partial charge on any atom is 0.307 e. The first-order valence-electron chi connectivity index (χ1n) is 45.5. The largest absolute Gasteiger partial charge is 0.456 e. The number of oxazole rings is 1. The molecule has 0 unspecified atom stereocenters. The van der Waals surface area contributed by atoms with Gasteiger partial charge in [0.1, 0.15) is 23.0 Å². The number of aryl methyl sites for hydroxylation is 8. The van der Waals surface area contributed by atoms with E-state index >= 15 is 0 Å². The van der Waals surface area contributed by atoms with Gasteiger partial charge in [-0.25, -0.2) is 15.0 Å². The summed E-state index contributed by atoms with van der Waals surface area (Å²) in [6.45, 7) is 3.04. The van der Waals surface area contributed by atoms with Gasteiger partial charge in [0.05, 0.1) is 60.6 Å². The second-order valence-electron chi connectivity index (χ2n) is 28.9. The standard InChI is InChI=1S/C47H43N3O2.C47H43N3OS/c2*1-9-30-22-25-38-44(52-45-49-35-15-11-12-16-37(35)50(38)45)41(30)31-21-18-27(2)32(26-31)42-29(4)20-24-36(48-42)40-28(3)19-23-34-43(40)51-39-17-13-10-14-33(39)46(5,6)47(34,7)8/h2*10-26H,9H2,1-8H3/i2*2D3,3D3,4D3,9D2. The number of thiazole rings is 1. The fourth-order valence-electron chi connectivity index (χ4n) is 15.5. The second kappa shape index (κ2) is 24.3. The first-order chi connectivity index (χ1) is 58.6. The molecule has 10 heteroatoms. The van der Waals surface area contributed by atoms with E-state index in [1.807, 2.05) is 112 Å². The topological polar surface area (TPSA) is 92.0 Å². The molecule has 0 fully saturated rings. The van der Waals surface area contributed by atoms with Crippen molar-refractivity contribution in [2.45, 2.75) is 145 Å². The molecule has 18 rings (SSSR count). The molecule has 516 valence electrons. The first kappa shape index (κ1) is 45.9. The number of benzene rings is 10. The third-order valence-electron chi connectivity index (χ3n) is 22.5. The molecule has 2 aliphatic heterocycles.